The highest BCUT2D eigenvalue weighted by atomic mass is 79.9. The summed E-state index contributed by atoms with van der Waals surface area (Å²) < 4.78 is 22.4. The van der Waals surface area contributed by atoms with E-state index in [1.807, 2.05) is 18.2 Å². The number of halogens is 2. The summed E-state index contributed by atoms with van der Waals surface area (Å²) in [7, 11) is 0. The van der Waals surface area contributed by atoms with E-state index in [1.54, 1.807) is 6.08 Å². The second kappa shape index (κ2) is 37.9. The monoisotopic (exact) mass is 1990 g/mol. The largest absolute Gasteiger partial charge is 0.481 e. The topological polar surface area (TPSA) is 460 Å². The summed E-state index contributed by atoms with van der Waals surface area (Å²) in [4.78, 5) is 131. The van der Waals surface area contributed by atoms with Crippen molar-refractivity contribution >= 4 is 99.0 Å². The molecule has 20 aliphatic carbocycles. The van der Waals surface area contributed by atoms with Gasteiger partial charge >= 0.3 is 35.8 Å². The van der Waals surface area contributed by atoms with E-state index in [9.17, 15) is 98.8 Å². The van der Waals surface area contributed by atoms with Crippen molar-refractivity contribution in [1.29, 1.82) is 0 Å². The average Bonchev–Trinajstić information content (AvgIpc) is 1.38. The number of fused-ring (bicyclic) bond motifs is 20. The fourth-order valence-corrected chi connectivity index (χ4v) is 36.7. The van der Waals surface area contributed by atoms with Crippen molar-refractivity contribution in [2.45, 2.75) is 406 Å². The van der Waals surface area contributed by atoms with Crippen LogP contribution in [0.1, 0.15) is 343 Å². The quantitative estimate of drug-likeness (QED) is 0.0109. The highest BCUT2D eigenvalue weighted by Crippen LogP contribution is 2.77. The van der Waals surface area contributed by atoms with Crippen LogP contribution in [0.4, 0.5) is 0 Å². The number of nitrogens with zero attached hydrogens (tertiary/aromatic N) is 1. The average molecular weight is 1990 g/mol. The zero-order valence-corrected chi connectivity index (χ0v) is 83.4. The Balaban J connectivity index is 0.000000128. The van der Waals surface area contributed by atoms with E-state index in [0.717, 1.165) is 134 Å². The third-order valence-corrected chi connectivity index (χ3v) is 44.1. The van der Waals surface area contributed by atoms with Gasteiger partial charge in [0.05, 0.1) is 89.2 Å². The van der Waals surface area contributed by atoms with E-state index in [-0.39, 0.29) is 166 Å². The Morgan fingerprint density at radius 2 is 0.781 bits per heavy atom. The minimum absolute atomic E-state index is 0.0208. The van der Waals surface area contributed by atoms with Crippen LogP contribution in [0.5, 0.6) is 0 Å². The number of aliphatic carboxylic acids is 2. The molecule has 0 saturated heterocycles. The smallest absolute Gasteiger partial charge is 0.321 e. The number of ether oxygens (including phenoxy) is 4. The lowest BCUT2D eigenvalue weighted by atomic mass is 9.41. The van der Waals surface area contributed by atoms with Gasteiger partial charge in [-0.2, -0.15) is 0 Å². The fraction of sp³-hybridized carbons (Fsp3) is 0.815. The molecule has 32 atom stereocenters. The highest BCUT2D eigenvalue weighted by Gasteiger charge is 2.77. The van der Waals surface area contributed by atoms with Gasteiger partial charge in [0.2, 0.25) is 0 Å². The van der Waals surface area contributed by atoms with Crippen LogP contribution in [0, 0.1) is 120 Å². The maximum Gasteiger partial charge on any atom is 0.321 e. The highest BCUT2D eigenvalue weighted by molar-refractivity contribution is 9.09. The van der Waals surface area contributed by atoms with Crippen molar-refractivity contribution in [2.24, 2.45) is 125 Å². The van der Waals surface area contributed by atoms with Gasteiger partial charge in [0, 0.05) is 77.4 Å². The first-order chi connectivity index (χ1) is 64.7. The molecule has 0 aromatic heterocycles. The standard InChI is InChI=1S/C32H44O11.C26H37BrO4.C26H35ClO6.C24H35NO5/c1-29-12-9-23-24(32(29,41)15-11-22(29)19-2-3-20(33)16-19)10-14-31(40)17-21(43-28(39)7-5-26(36)37)8-13-30(23,31)18-42-27(38)6-4-25(34)35;1-24-10-7-19(31-23(29)15-27)14-17(24)4-6-22-21(24)8-11-25(2)20(9-12-26(22,25)30)16-3-5-18(28)13-16;1-23-8-5-20-21(26(23,32)11-7-19(23)16-2-3-17(29)12-16)6-10-25(31)13-18(33-22(30)14-27)4-9-24(20,25)15-28;1-21-8-5-19-20(24(21,29)11-7-18(21)15-2-3-16(26)12-15)6-10-23(28)13-17(27)4-9-22(19,23)14-25-30/h16,21-24,40-41H,2-15,17-18H2,1H3,(H,34,35)(H,36,37);13,17,19-22,30H,3-12,14-15H2,1-2H3;12,15,18-21,31-32H,2-11,13-14H2,1H3;12,14,17-20,27-30H,2-11,13H2,1H3/b;;;25-14+/t21?,22?,23-,24+,29?,30?,31?,32?;17?,19?,20?,21-,22+,24?,25?,26?;18?,19?,20-,21+,23?,24?,25?,26?;17?,18?,19-,20+,21?,22?,23?,24?/m0000/s1. The van der Waals surface area contributed by atoms with Gasteiger partial charge in [-0.1, -0.05) is 72.8 Å². The van der Waals surface area contributed by atoms with Crippen molar-refractivity contribution in [3.63, 3.8) is 0 Å². The van der Waals surface area contributed by atoms with Crippen LogP contribution in [0.2, 0.25) is 0 Å². The first-order valence-corrected chi connectivity index (χ1v) is 54.0. The Kier molecular flexibility index (Phi) is 28.4. The molecule has 24 unspecified atom stereocenters. The summed E-state index contributed by atoms with van der Waals surface area (Å²) in [5, 5.41) is 127. The van der Waals surface area contributed by atoms with E-state index in [0.29, 0.717) is 165 Å². The molecule has 0 aliphatic heterocycles. The molecule has 20 rings (SSSR count). The minimum Gasteiger partial charge on any atom is -0.481 e. The molecule has 0 aromatic carbocycles. The van der Waals surface area contributed by atoms with E-state index < -0.39 is 109 Å². The Labute approximate surface area is 818 Å². The van der Waals surface area contributed by atoms with Gasteiger partial charge in [0.25, 0.3) is 0 Å². The predicted octanol–water partition coefficient (Wildman–Crippen LogP) is 15.1. The fourth-order valence-electron chi connectivity index (χ4n) is 36.5. The van der Waals surface area contributed by atoms with E-state index >= 15 is 0 Å². The number of allylic oxidation sites excluding steroid dienone is 8. The first kappa shape index (κ1) is 103. The summed E-state index contributed by atoms with van der Waals surface area (Å²) in [6.07, 6.45) is 37.7. The van der Waals surface area contributed by atoms with Gasteiger partial charge < -0.3 is 80.0 Å². The molecule has 11 N–H and O–H groups in total. The Morgan fingerprint density at radius 1 is 0.401 bits per heavy atom. The molecular weight excluding hydrogens is 1840 g/mol. The number of carbonyl (C=O) groups is 11. The second-order valence-electron chi connectivity index (χ2n) is 48.3. The normalized spacial score (nSPS) is 47.2. The third-order valence-electron chi connectivity index (χ3n) is 43.4. The molecule has 16 fully saturated rings. The summed E-state index contributed by atoms with van der Waals surface area (Å²) >= 11 is 8.80. The zero-order chi connectivity index (χ0) is 98.2. The molecule has 0 amide bonds. The molecule has 27 nitrogen and oxygen atoms in total. The lowest BCUT2D eigenvalue weighted by molar-refractivity contribution is -0.272. The first-order valence-electron chi connectivity index (χ1n) is 52.4. The molecule has 16 saturated carbocycles. The van der Waals surface area contributed by atoms with Crippen molar-refractivity contribution in [1.82, 2.24) is 0 Å². The number of alkyl halides is 2. The van der Waals surface area contributed by atoms with Crippen LogP contribution >= 0.6 is 27.5 Å². The van der Waals surface area contributed by atoms with Crippen molar-refractivity contribution < 1.29 is 128 Å². The molecule has 0 aromatic rings. The number of hydrogen-bond donors (Lipinski definition) is 11. The summed E-state index contributed by atoms with van der Waals surface area (Å²) in [6, 6.07) is 0. The Hall–Kier alpha value is -5.95. The maximum absolute atomic E-state index is 12.7. The number of hydrogen-bond acceptors (Lipinski definition) is 25. The summed E-state index contributed by atoms with van der Waals surface area (Å²) in [5.74, 6) is -1.69. The van der Waals surface area contributed by atoms with Gasteiger partial charge in [-0.25, -0.2) is 0 Å². The van der Waals surface area contributed by atoms with Crippen molar-refractivity contribution in [3.05, 3.63) is 46.6 Å². The number of aliphatic hydroxyl groups excluding tert-OH is 1. The Bertz CT molecular complexity index is 4910. The number of aliphatic hydroxyl groups is 8. The van der Waals surface area contributed by atoms with E-state index in [1.165, 1.54) is 29.4 Å². The van der Waals surface area contributed by atoms with Crippen LogP contribution in [0.3, 0.4) is 0 Å². The summed E-state index contributed by atoms with van der Waals surface area (Å²) in [5.41, 5.74) is -5.73. The number of carboxylic acids is 2. The SMILES string of the molecule is CC12CCC(OC(=O)CBr)CC1CC[C@@H]1[C@@H]2CCC2(C)C(C3=CC(=O)CC3)CCC12O.CC12CC[C@H]3[C@@H](CCC4(O)CC(O)CCC34/C=N/O)C1(O)CCC2C1=CC(=O)CC1.CC12CC[C@H]3[C@@H](CCC4(O)CC(OC(=O)CCC(=O)O)CCC34COC(=O)CCC(=O)O)C1(O)CCC2C1=CC(=O)CC1.CC12CC[C@H]3[C@@H](CCC4(O)CC(OC(=O)CCl)CCC34C=O)C1(O)CCC2C1=CC(=O)CC1. The number of esters is 4. The molecule has 29 heteroatoms. The lowest BCUT2D eigenvalue weighted by Gasteiger charge is -2.66. The van der Waals surface area contributed by atoms with E-state index in [2.05, 4.69) is 55.7 Å². The number of carboxylic acid groups (broad SMARTS) is 2. The Morgan fingerprint density at radius 3 is 1.22 bits per heavy atom. The molecule has 0 heterocycles. The van der Waals surface area contributed by atoms with Crippen LogP contribution < -0.4 is 0 Å². The molecule has 0 radical (unpaired) electrons. The molecule has 758 valence electrons. The van der Waals surface area contributed by atoms with Crippen molar-refractivity contribution in [2.75, 3.05) is 17.8 Å². The molecule has 0 spiro atoms. The molecular formula is C108H151BrClNO26. The van der Waals surface area contributed by atoms with Gasteiger partial charge in [-0.05, 0) is 344 Å². The summed E-state index contributed by atoms with van der Waals surface area (Å²) in [6.45, 7) is 11.2. The number of ketones is 4. The molecule has 0 bridgehead atoms. The molecule has 137 heavy (non-hydrogen) atoms. The number of carbonyl (C=O) groups excluding carboxylic acids is 9. The van der Waals surface area contributed by atoms with Crippen LogP contribution in [0.15, 0.2) is 51.8 Å². The van der Waals surface area contributed by atoms with Gasteiger partial charge in [-0.15, -0.1) is 16.8 Å². The van der Waals surface area contributed by atoms with Gasteiger partial charge in [-0.3, -0.25) is 47.9 Å². The third kappa shape index (κ3) is 16.8. The van der Waals surface area contributed by atoms with Crippen LogP contribution in [0.25, 0.3) is 0 Å². The van der Waals surface area contributed by atoms with Crippen LogP contribution in [-0.4, -0.2) is 209 Å². The predicted molar refractivity (Wildman–Crippen MR) is 505 cm³/mol. The lowest BCUT2D eigenvalue weighted by Crippen LogP contribution is -2.69. The maximum atomic E-state index is 12.7. The van der Waals surface area contributed by atoms with E-state index in [4.69, 9.17) is 40.8 Å². The second-order valence-corrected chi connectivity index (χ2v) is 49.1. The molecule has 20 aliphatic rings. The van der Waals surface area contributed by atoms with Gasteiger partial charge in [0.15, 0.2) is 23.1 Å². The van der Waals surface area contributed by atoms with Crippen molar-refractivity contribution in [3.8, 4) is 0 Å². The zero-order valence-electron chi connectivity index (χ0n) is 81.1. The van der Waals surface area contributed by atoms with Crippen LogP contribution in [-0.2, 0) is 71.7 Å². The minimum atomic E-state index is -1.38. The number of rotatable bonds is 19. The number of oxime groups is 1. The van der Waals surface area contributed by atoms with Gasteiger partial charge in [0.1, 0.15) is 35.8 Å². The number of aldehydes is 1.